The first-order valence-corrected chi connectivity index (χ1v) is 4.76. The average molecular weight is 227 g/mol. The number of nitrogens with one attached hydrogen (secondary N) is 1. The minimum Gasteiger partial charge on any atom is -0.505 e. The van der Waals surface area contributed by atoms with Crippen LogP contribution in [-0.2, 0) is 4.74 Å². The highest BCUT2D eigenvalue weighted by Crippen LogP contribution is 2.20. The molecule has 88 valence electrons. The van der Waals surface area contributed by atoms with Crippen LogP contribution in [0.5, 0.6) is 5.75 Å². The van der Waals surface area contributed by atoms with Gasteiger partial charge in [0.15, 0.2) is 11.6 Å². The van der Waals surface area contributed by atoms with Gasteiger partial charge in [-0.1, -0.05) is 0 Å². The third-order valence-corrected chi connectivity index (χ3v) is 1.59. The number of phenols is 1. The molecule has 1 amide bonds. The summed E-state index contributed by atoms with van der Waals surface area (Å²) in [4.78, 5) is 11.3. The van der Waals surface area contributed by atoms with Crippen molar-refractivity contribution in [3.8, 4) is 5.75 Å². The summed E-state index contributed by atoms with van der Waals surface area (Å²) < 4.78 is 17.7. The summed E-state index contributed by atoms with van der Waals surface area (Å²) >= 11 is 0. The number of ether oxygens (including phenoxy) is 1. The number of hydrogen-bond donors (Lipinski definition) is 2. The molecule has 0 heterocycles. The predicted octanol–water partition coefficient (Wildman–Crippen LogP) is 2.88. The summed E-state index contributed by atoms with van der Waals surface area (Å²) in [5.74, 6) is -1.26. The Bertz CT molecular complexity index is 399. The quantitative estimate of drug-likeness (QED) is 0.775. The molecule has 0 bridgehead atoms. The van der Waals surface area contributed by atoms with Crippen LogP contribution in [0, 0.1) is 5.82 Å². The van der Waals surface area contributed by atoms with Gasteiger partial charge in [-0.05, 0) is 32.9 Å². The van der Waals surface area contributed by atoms with Crippen LogP contribution in [-0.4, -0.2) is 16.8 Å². The molecule has 0 unspecified atom stereocenters. The van der Waals surface area contributed by atoms with E-state index in [0.29, 0.717) is 0 Å². The fraction of sp³-hybridized carbons (Fsp3) is 0.364. The lowest BCUT2D eigenvalue weighted by Crippen LogP contribution is -2.27. The molecule has 1 aromatic carbocycles. The number of amides is 1. The molecule has 0 fully saturated rings. The smallest absolute Gasteiger partial charge is 0.412 e. The Hall–Kier alpha value is -1.78. The minimum absolute atomic E-state index is 0.271. The lowest BCUT2D eigenvalue weighted by Gasteiger charge is -2.19. The van der Waals surface area contributed by atoms with Gasteiger partial charge in [0, 0.05) is 11.8 Å². The molecule has 0 aliphatic carbocycles. The van der Waals surface area contributed by atoms with E-state index >= 15 is 0 Å². The maximum Gasteiger partial charge on any atom is 0.412 e. The van der Waals surface area contributed by atoms with E-state index in [2.05, 4.69) is 5.32 Å². The summed E-state index contributed by atoms with van der Waals surface area (Å²) in [5, 5.41) is 11.5. The van der Waals surface area contributed by atoms with E-state index in [-0.39, 0.29) is 5.69 Å². The summed E-state index contributed by atoms with van der Waals surface area (Å²) in [6.07, 6.45) is -0.654. The van der Waals surface area contributed by atoms with Crippen molar-refractivity contribution in [2.24, 2.45) is 0 Å². The molecular weight excluding hydrogens is 213 g/mol. The van der Waals surface area contributed by atoms with Crippen molar-refractivity contribution in [3.05, 3.63) is 24.0 Å². The van der Waals surface area contributed by atoms with Crippen molar-refractivity contribution in [2.45, 2.75) is 26.4 Å². The highest BCUT2D eigenvalue weighted by molar-refractivity contribution is 5.85. The number of rotatable bonds is 1. The van der Waals surface area contributed by atoms with Gasteiger partial charge in [0.05, 0.1) is 0 Å². The van der Waals surface area contributed by atoms with Crippen molar-refractivity contribution in [2.75, 3.05) is 5.32 Å². The molecule has 2 N–H and O–H groups in total. The third kappa shape index (κ3) is 3.76. The molecule has 0 aliphatic heterocycles. The zero-order valence-electron chi connectivity index (χ0n) is 9.37. The number of hydrogen-bond acceptors (Lipinski definition) is 3. The molecular formula is C11H14FNO3. The molecule has 1 aromatic rings. The second-order valence-corrected chi connectivity index (χ2v) is 4.29. The number of carbonyl (C=O) groups excluding carboxylic acids is 1. The van der Waals surface area contributed by atoms with Gasteiger partial charge in [-0.15, -0.1) is 0 Å². The largest absolute Gasteiger partial charge is 0.505 e. The van der Waals surface area contributed by atoms with Gasteiger partial charge >= 0.3 is 6.09 Å². The molecule has 1 rings (SSSR count). The number of halogens is 1. The van der Waals surface area contributed by atoms with Gasteiger partial charge in [-0.2, -0.15) is 0 Å². The van der Waals surface area contributed by atoms with Crippen molar-refractivity contribution in [1.82, 2.24) is 0 Å². The van der Waals surface area contributed by atoms with E-state index in [1.165, 1.54) is 6.07 Å². The topological polar surface area (TPSA) is 58.6 Å². The molecule has 0 spiro atoms. The zero-order valence-corrected chi connectivity index (χ0v) is 9.37. The Morgan fingerprint density at radius 3 is 2.56 bits per heavy atom. The predicted molar refractivity (Wildman–Crippen MR) is 57.9 cm³/mol. The highest BCUT2D eigenvalue weighted by atomic mass is 19.1. The second-order valence-electron chi connectivity index (χ2n) is 4.29. The average Bonchev–Trinajstić information content (AvgIpc) is 2.08. The van der Waals surface area contributed by atoms with Crippen molar-refractivity contribution in [3.63, 3.8) is 0 Å². The first-order chi connectivity index (χ1) is 7.28. The van der Waals surface area contributed by atoms with Crippen molar-refractivity contribution < 1.29 is 19.0 Å². The second kappa shape index (κ2) is 4.38. The fourth-order valence-corrected chi connectivity index (χ4v) is 1.01. The van der Waals surface area contributed by atoms with Crippen LogP contribution in [0.3, 0.4) is 0 Å². The fourth-order valence-electron chi connectivity index (χ4n) is 1.01. The van der Waals surface area contributed by atoms with Crippen LogP contribution in [0.2, 0.25) is 0 Å². The van der Waals surface area contributed by atoms with Gasteiger partial charge in [-0.25, -0.2) is 9.18 Å². The zero-order chi connectivity index (χ0) is 12.3. The first kappa shape index (κ1) is 12.3. The molecule has 0 aliphatic rings. The van der Waals surface area contributed by atoms with Crippen LogP contribution in [0.25, 0.3) is 0 Å². The Labute approximate surface area is 93.0 Å². The number of aromatic hydroxyl groups is 1. The normalized spacial score (nSPS) is 11.0. The number of carbonyl (C=O) groups is 1. The first-order valence-electron chi connectivity index (χ1n) is 4.76. The summed E-state index contributed by atoms with van der Waals surface area (Å²) in [5.41, 5.74) is -0.334. The maximum absolute atomic E-state index is 12.7. The van der Waals surface area contributed by atoms with Crippen molar-refractivity contribution in [1.29, 1.82) is 0 Å². The van der Waals surface area contributed by atoms with E-state index in [1.54, 1.807) is 20.8 Å². The van der Waals surface area contributed by atoms with Crippen LogP contribution in [0.4, 0.5) is 14.9 Å². The SMILES string of the molecule is CC(C)(C)OC(=O)Nc1ccc(F)c(O)c1. The van der Waals surface area contributed by atoms with Crippen LogP contribution >= 0.6 is 0 Å². The Morgan fingerprint density at radius 2 is 2.06 bits per heavy atom. The van der Waals surface area contributed by atoms with Crippen LogP contribution < -0.4 is 5.32 Å². The maximum atomic E-state index is 12.7. The Morgan fingerprint density at radius 1 is 1.44 bits per heavy atom. The lowest BCUT2D eigenvalue weighted by atomic mass is 10.2. The standard InChI is InChI=1S/C11H14FNO3/c1-11(2,3)16-10(15)13-7-4-5-8(12)9(14)6-7/h4-6,14H,1-3H3,(H,13,15). The molecule has 0 radical (unpaired) electrons. The van der Waals surface area contributed by atoms with Crippen molar-refractivity contribution >= 4 is 11.8 Å². The van der Waals surface area contributed by atoms with E-state index in [4.69, 9.17) is 9.84 Å². The molecule has 16 heavy (non-hydrogen) atoms. The molecule has 0 saturated carbocycles. The Kier molecular flexibility index (Phi) is 3.37. The van der Waals surface area contributed by atoms with Gasteiger partial charge in [0.2, 0.25) is 0 Å². The summed E-state index contributed by atoms with van der Waals surface area (Å²) in [6, 6.07) is 3.50. The number of phenolic OH excluding ortho intramolecular Hbond substituents is 1. The van der Waals surface area contributed by atoms with Crippen LogP contribution in [0.15, 0.2) is 18.2 Å². The molecule has 4 nitrogen and oxygen atoms in total. The van der Waals surface area contributed by atoms with Gasteiger partial charge in [0.1, 0.15) is 5.60 Å². The summed E-state index contributed by atoms with van der Waals surface area (Å²) in [7, 11) is 0. The van der Waals surface area contributed by atoms with Crippen LogP contribution in [0.1, 0.15) is 20.8 Å². The van der Waals surface area contributed by atoms with E-state index < -0.39 is 23.3 Å². The van der Waals surface area contributed by atoms with E-state index in [9.17, 15) is 9.18 Å². The highest BCUT2D eigenvalue weighted by Gasteiger charge is 2.16. The Balaban J connectivity index is 2.67. The summed E-state index contributed by atoms with van der Waals surface area (Å²) in [6.45, 7) is 5.19. The van der Waals surface area contributed by atoms with Gasteiger partial charge in [0.25, 0.3) is 0 Å². The number of benzene rings is 1. The number of anilines is 1. The molecule has 5 heteroatoms. The minimum atomic E-state index is -0.741. The lowest BCUT2D eigenvalue weighted by molar-refractivity contribution is 0.0636. The molecule has 0 atom stereocenters. The molecule has 0 aromatic heterocycles. The van der Waals surface area contributed by atoms with E-state index in [1.807, 2.05) is 0 Å². The van der Waals surface area contributed by atoms with E-state index in [0.717, 1.165) is 12.1 Å². The molecule has 0 saturated heterocycles. The van der Waals surface area contributed by atoms with Gasteiger partial charge in [-0.3, -0.25) is 5.32 Å². The third-order valence-electron chi connectivity index (χ3n) is 1.59. The monoisotopic (exact) mass is 227 g/mol. The van der Waals surface area contributed by atoms with Gasteiger partial charge < -0.3 is 9.84 Å².